The first-order valence-corrected chi connectivity index (χ1v) is 8.57. The van der Waals surface area contributed by atoms with E-state index < -0.39 is 10.0 Å². The molecule has 0 bridgehead atoms. The van der Waals surface area contributed by atoms with Gasteiger partial charge in [0.25, 0.3) is 0 Å². The van der Waals surface area contributed by atoms with Crippen molar-refractivity contribution in [2.24, 2.45) is 11.1 Å². The Kier molecular flexibility index (Phi) is 6.02. The minimum atomic E-state index is -3.71. The van der Waals surface area contributed by atoms with Crippen LogP contribution in [0.4, 0.5) is 0 Å². The summed E-state index contributed by atoms with van der Waals surface area (Å²) in [5.74, 6) is 1.10. The van der Waals surface area contributed by atoms with E-state index in [1.165, 1.54) is 0 Å². The van der Waals surface area contributed by atoms with Crippen LogP contribution < -0.4 is 9.88 Å². The van der Waals surface area contributed by atoms with Crippen molar-refractivity contribution in [2.45, 2.75) is 51.3 Å². The van der Waals surface area contributed by atoms with Crippen molar-refractivity contribution in [3.8, 4) is 5.75 Å². The summed E-state index contributed by atoms with van der Waals surface area (Å²) in [4.78, 5) is 0.234. The smallest absolute Gasteiger partial charge is 0.238 e. The first-order valence-electron chi connectivity index (χ1n) is 7.02. The van der Waals surface area contributed by atoms with E-state index in [-0.39, 0.29) is 4.90 Å². The highest BCUT2D eigenvalue weighted by Crippen LogP contribution is 2.31. The number of rotatable bonds is 7. The molecule has 0 fully saturated rings. The van der Waals surface area contributed by atoms with Crippen LogP contribution in [0.3, 0.4) is 0 Å². The van der Waals surface area contributed by atoms with E-state index in [0.29, 0.717) is 12.3 Å². The molecule has 4 nitrogen and oxygen atoms in total. The molecule has 0 aliphatic heterocycles. The standard InChI is InChI=1S/C15H25NO3S/c1-5-6-7-12-13(10-11(2)3)15(20(16,17)18)9-8-14(12)19-4/h8-9,11H,5-7,10H2,1-4H3,(H2,16,17,18). The fourth-order valence-electron chi connectivity index (χ4n) is 2.37. The van der Waals surface area contributed by atoms with E-state index in [0.717, 1.165) is 36.1 Å². The van der Waals surface area contributed by atoms with Gasteiger partial charge < -0.3 is 4.74 Å². The topological polar surface area (TPSA) is 69.4 Å². The third kappa shape index (κ3) is 4.21. The van der Waals surface area contributed by atoms with Crippen LogP contribution in [0.2, 0.25) is 0 Å². The minimum absolute atomic E-state index is 0.234. The van der Waals surface area contributed by atoms with E-state index in [9.17, 15) is 8.42 Å². The molecule has 0 atom stereocenters. The Labute approximate surface area is 122 Å². The number of nitrogens with two attached hydrogens (primary N) is 1. The van der Waals surface area contributed by atoms with Crippen LogP contribution >= 0.6 is 0 Å². The number of sulfonamides is 1. The van der Waals surface area contributed by atoms with E-state index in [1.807, 2.05) is 0 Å². The number of benzene rings is 1. The van der Waals surface area contributed by atoms with Gasteiger partial charge in [-0.1, -0.05) is 27.2 Å². The van der Waals surface area contributed by atoms with Crippen molar-refractivity contribution in [1.82, 2.24) is 0 Å². The van der Waals surface area contributed by atoms with Gasteiger partial charge in [0, 0.05) is 0 Å². The minimum Gasteiger partial charge on any atom is -0.496 e. The van der Waals surface area contributed by atoms with Crippen LogP contribution in [0.1, 0.15) is 44.7 Å². The van der Waals surface area contributed by atoms with E-state index >= 15 is 0 Å². The molecule has 0 aliphatic carbocycles. The summed E-state index contributed by atoms with van der Waals surface area (Å²) in [7, 11) is -2.10. The first-order chi connectivity index (χ1) is 9.31. The Balaban J connectivity index is 3.47. The second-order valence-electron chi connectivity index (χ2n) is 5.47. The molecule has 2 N–H and O–H groups in total. The molecule has 0 amide bonds. The van der Waals surface area contributed by atoms with E-state index in [4.69, 9.17) is 9.88 Å². The quantitative estimate of drug-likeness (QED) is 0.841. The Bertz CT molecular complexity index is 550. The maximum absolute atomic E-state index is 11.8. The Morgan fingerprint density at radius 2 is 1.90 bits per heavy atom. The van der Waals surface area contributed by atoms with E-state index in [2.05, 4.69) is 20.8 Å². The maximum Gasteiger partial charge on any atom is 0.238 e. The lowest BCUT2D eigenvalue weighted by molar-refractivity contribution is 0.407. The third-order valence-corrected chi connectivity index (χ3v) is 4.26. The van der Waals surface area contributed by atoms with Gasteiger partial charge in [0.2, 0.25) is 10.0 Å². The lowest BCUT2D eigenvalue weighted by Crippen LogP contribution is -2.17. The highest BCUT2D eigenvalue weighted by molar-refractivity contribution is 7.89. The summed E-state index contributed by atoms with van der Waals surface area (Å²) in [6, 6.07) is 3.26. The van der Waals surface area contributed by atoms with Gasteiger partial charge in [-0.15, -0.1) is 0 Å². The molecule has 1 aromatic rings. The summed E-state index contributed by atoms with van der Waals surface area (Å²) in [5.41, 5.74) is 1.80. The number of methoxy groups -OCH3 is 1. The Morgan fingerprint density at radius 1 is 1.25 bits per heavy atom. The zero-order valence-corrected chi connectivity index (χ0v) is 13.6. The molecule has 0 spiro atoms. The van der Waals surface area contributed by atoms with Crippen molar-refractivity contribution < 1.29 is 13.2 Å². The van der Waals surface area contributed by atoms with Crippen LogP contribution in [0.25, 0.3) is 0 Å². The Morgan fingerprint density at radius 3 is 2.35 bits per heavy atom. The van der Waals surface area contributed by atoms with Crippen molar-refractivity contribution in [3.63, 3.8) is 0 Å². The molecule has 0 saturated carbocycles. The molecule has 1 rings (SSSR count). The monoisotopic (exact) mass is 299 g/mol. The second kappa shape index (κ2) is 7.09. The molecule has 20 heavy (non-hydrogen) atoms. The third-order valence-electron chi connectivity index (χ3n) is 3.26. The number of hydrogen-bond donors (Lipinski definition) is 1. The van der Waals surface area contributed by atoms with E-state index in [1.54, 1.807) is 19.2 Å². The number of unbranched alkanes of at least 4 members (excludes halogenated alkanes) is 1. The van der Waals surface area contributed by atoms with Gasteiger partial charge in [-0.3, -0.25) is 0 Å². The van der Waals surface area contributed by atoms with Gasteiger partial charge in [-0.05, 0) is 48.4 Å². The Hall–Kier alpha value is -1.07. The fraction of sp³-hybridized carbons (Fsp3) is 0.600. The molecule has 0 heterocycles. The maximum atomic E-state index is 11.8. The lowest BCUT2D eigenvalue weighted by atomic mass is 9.94. The summed E-state index contributed by atoms with van der Waals surface area (Å²) < 4.78 is 29.0. The van der Waals surface area contributed by atoms with Gasteiger partial charge >= 0.3 is 0 Å². The molecule has 0 aromatic heterocycles. The summed E-state index contributed by atoms with van der Waals surface area (Å²) >= 11 is 0. The second-order valence-corrected chi connectivity index (χ2v) is 7.00. The van der Waals surface area contributed by atoms with Gasteiger partial charge in [-0.2, -0.15) is 0 Å². The fourth-order valence-corrected chi connectivity index (χ4v) is 3.18. The molecule has 0 saturated heterocycles. The van der Waals surface area contributed by atoms with Crippen molar-refractivity contribution in [3.05, 3.63) is 23.3 Å². The predicted molar refractivity (Wildman–Crippen MR) is 81.5 cm³/mol. The largest absolute Gasteiger partial charge is 0.496 e. The normalized spacial score (nSPS) is 11.9. The molecule has 0 aliphatic rings. The zero-order chi connectivity index (χ0) is 15.3. The van der Waals surface area contributed by atoms with Crippen LogP contribution in [0.15, 0.2) is 17.0 Å². The number of primary sulfonamides is 1. The lowest BCUT2D eigenvalue weighted by Gasteiger charge is -2.18. The first kappa shape index (κ1) is 17.0. The predicted octanol–water partition coefficient (Wildman–Crippen LogP) is 2.88. The van der Waals surface area contributed by atoms with Gasteiger partial charge in [0.15, 0.2) is 0 Å². The average molecular weight is 299 g/mol. The van der Waals surface area contributed by atoms with Crippen LogP contribution in [-0.2, 0) is 22.9 Å². The molecular weight excluding hydrogens is 274 g/mol. The number of hydrogen-bond acceptors (Lipinski definition) is 3. The van der Waals surface area contributed by atoms with Crippen LogP contribution in [0.5, 0.6) is 5.75 Å². The van der Waals surface area contributed by atoms with Crippen LogP contribution in [0, 0.1) is 5.92 Å². The van der Waals surface area contributed by atoms with Crippen molar-refractivity contribution in [2.75, 3.05) is 7.11 Å². The highest BCUT2D eigenvalue weighted by atomic mass is 32.2. The zero-order valence-electron chi connectivity index (χ0n) is 12.8. The molecular formula is C15H25NO3S. The van der Waals surface area contributed by atoms with Crippen molar-refractivity contribution in [1.29, 1.82) is 0 Å². The molecule has 0 radical (unpaired) electrons. The highest BCUT2D eigenvalue weighted by Gasteiger charge is 2.20. The van der Waals surface area contributed by atoms with Gasteiger partial charge in [-0.25, -0.2) is 13.6 Å². The molecule has 0 unspecified atom stereocenters. The summed E-state index contributed by atoms with van der Waals surface area (Å²) in [6.07, 6.45) is 3.53. The summed E-state index contributed by atoms with van der Waals surface area (Å²) in [6.45, 7) is 6.24. The molecule has 114 valence electrons. The van der Waals surface area contributed by atoms with Gasteiger partial charge in [0.05, 0.1) is 12.0 Å². The SMILES string of the molecule is CCCCc1c(OC)ccc(S(N)(=O)=O)c1CC(C)C. The molecule has 1 aromatic carbocycles. The number of ether oxygens (including phenoxy) is 1. The average Bonchev–Trinajstić information content (AvgIpc) is 2.34. The molecule has 5 heteroatoms. The summed E-state index contributed by atoms with van der Waals surface area (Å²) in [5, 5.41) is 5.35. The van der Waals surface area contributed by atoms with Gasteiger partial charge in [0.1, 0.15) is 5.75 Å². The van der Waals surface area contributed by atoms with Crippen LogP contribution in [-0.4, -0.2) is 15.5 Å². The van der Waals surface area contributed by atoms with Crippen molar-refractivity contribution >= 4 is 10.0 Å².